The van der Waals surface area contributed by atoms with Gasteiger partial charge in [0, 0.05) is 4.88 Å². The van der Waals surface area contributed by atoms with Crippen molar-refractivity contribution < 1.29 is 0 Å². The fraction of sp³-hybridized carbons (Fsp3) is 0.308. The van der Waals surface area contributed by atoms with Crippen LogP contribution in [0.1, 0.15) is 24.8 Å². The minimum Gasteiger partial charge on any atom is -0.397 e. The zero-order chi connectivity index (χ0) is 13.1. The summed E-state index contributed by atoms with van der Waals surface area (Å²) in [4.78, 5) is 5.52. The average molecular weight is 282 g/mol. The molecule has 18 heavy (non-hydrogen) atoms. The maximum absolute atomic E-state index is 6.14. The highest BCUT2D eigenvalue weighted by atomic mass is 35.5. The maximum atomic E-state index is 6.14. The van der Waals surface area contributed by atoms with Crippen LogP contribution in [-0.2, 0) is 0 Å². The molecule has 2 aromatic rings. The van der Waals surface area contributed by atoms with E-state index in [9.17, 15) is 0 Å². The van der Waals surface area contributed by atoms with Gasteiger partial charge in [-0.05, 0) is 23.4 Å². The molecular formula is C13H16ClN3S. The van der Waals surface area contributed by atoms with Gasteiger partial charge < -0.3 is 11.1 Å². The first kappa shape index (κ1) is 13.2. The van der Waals surface area contributed by atoms with Crippen LogP contribution in [0.3, 0.4) is 0 Å². The Morgan fingerprint density at radius 1 is 1.44 bits per heavy atom. The van der Waals surface area contributed by atoms with E-state index in [0.29, 0.717) is 22.4 Å². The molecule has 0 bridgehead atoms. The van der Waals surface area contributed by atoms with Crippen molar-refractivity contribution in [2.75, 3.05) is 11.1 Å². The number of aromatic nitrogens is 1. The van der Waals surface area contributed by atoms with Crippen molar-refractivity contribution in [2.45, 2.75) is 19.9 Å². The van der Waals surface area contributed by atoms with Crippen LogP contribution < -0.4 is 11.1 Å². The van der Waals surface area contributed by atoms with E-state index in [1.807, 2.05) is 0 Å². The first-order valence-corrected chi connectivity index (χ1v) is 7.04. The van der Waals surface area contributed by atoms with Crippen LogP contribution >= 0.6 is 22.9 Å². The second-order valence-electron chi connectivity index (χ2n) is 4.48. The summed E-state index contributed by atoms with van der Waals surface area (Å²) >= 11 is 7.87. The Kier molecular flexibility index (Phi) is 4.09. The van der Waals surface area contributed by atoms with Crippen LogP contribution in [0.4, 0.5) is 11.5 Å². The highest BCUT2D eigenvalue weighted by Gasteiger charge is 2.18. The quantitative estimate of drug-likeness (QED) is 0.883. The molecule has 0 radical (unpaired) electrons. The number of hydrogen-bond donors (Lipinski definition) is 2. The molecule has 0 spiro atoms. The third-order valence-electron chi connectivity index (χ3n) is 2.67. The minimum absolute atomic E-state index is 0.207. The summed E-state index contributed by atoms with van der Waals surface area (Å²) in [5.41, 5.74) is 6.21. The SMILES string of the molecule is CC(C)C(Nc1ncc(N)cc1Cl)c1cccs1. The van der Waals surface area contributed by atoms with Gasteiger partial charge in [0.1, 0.15) is 5.82 Å². The molecule has 0 aliphatic heterocycles. The molecule has 1 unspecified atom stereocenters. The predicted molar refractivity (Wildman–Crippen MR) is 79.2 cm³/mol. The van der Waals surface area contributed by atoms with Gasteiger partial charge in [-0.3, -0.25) is 0 Å². The van der Waals surface area contributed by atoms with Gasteiger partial charge in [-0.2, -0.15) is 0 Å². The molecule has 0 saturated heterocycles. The number of anilines is 2. The third-order valence-corrected chi connectivity index (χ3v) is 3.91. The Labute approximate surface area is 116 Å². The van der Waals surface area contributed by atoms with Gasteiger partial charge in [0.2, 0.25) is 0 Å². The number of nitrogens with zero attached hydrogens (tertiary/aromatic N) is 1. The summed E-state index contributed by atoms with van der Waals surface area (Å²) in [6.07, 6.45) is 1.61. The van der Waals surface area contributed by atoms with Crippen molar-refractivity contribution >= 4 is 34.4 Å². The van der Waals surface area contributed by atoms with Gasteiger partial charge in [-0.15, -0.1) is 11.3 Å². The van der Waals surface area contributed by atoms with Crippen LogP contribution in [0, 0.1) is 5.92 Å². The molecule has 0 amide bonds. The molecule has 1 atom stereocenters. The molecule has 3 N–H and O–H groups in total. The Balaban J connectivity index is 2.24. The summed E-state index contributed by atoms with van der Waals surface area (Å²) in [5, 5.41) is 6.01. The third kappa shape index (κ3) is 2.94. The van der Waals surface area contributed by atoms with Crippen molar-refractivity contribution in [3.8, 4) is 0 Å². The zero-order valence-electron chi connectivity index (χ0n) is 10.4. The standard InChI is InChI=1S/C13H16ClN3S/c1-8(2)12(11-4-3-5-18-11)17-13-10(14)6-9(15)7-16-13/h3-8,12H,15H2,1-2H3,(H,16,17). The molecule has 0 aliphatic carbocycles. The summed E-state index contributed by atoms with van der Waals surface area (Å²) in [6.45, 7) is 4.34. The average Bonchev–Trinajstić information content (AvgIpc) is 2.80. The molecular weight excluding hydrogens is 266 g/mol. The Morgan fingerprint density at radius 2 is 2.22 bits per heavy atom. The van der Waals surface area contributed by atoms with Crippen LogP contribution in [-0.4, -0.2) is 4.98 Å². The molecule has 2 aromatic heterocycles. The second-order valence-corrected chi connectivity index (χ2v) is 5.87. The molecule has 3 nitrogen and oxygen atoms in total. The van der Waals surface area contributed by atoms with Crippen molar-refractivity contribution in [3.05, 3.63) is 39.7 Å². The lowest BCUT2D eigenvalue weighted by molar-refractivity contribution is 0.552. The molecule has 5 heteroatoms. The molecule has 0 aromatic carbocycles. The predicted octanol–water partition coefficient (Wildman–Crippen LogP) is 4.19. The highest BCUT2D eigenvalue weighted by molar-refractivity contribution is 7.10. The van der Waals surface area contributed by atoms with E-state index in [1.165, 1.54) is 4.88 Å². The Hall–Kier alpha value is -1.26. The van der Waals surface area contributed by atoms with E-state index < -0.39 is 0 Å². The molecule has 96 valence electrons. The topological polar surface area (TPSA) is 50.9 Å². The van der Waals surface area contributed by atoms with Crippen molar-refractivity contribution in [1.29, 1.82) is 0 Å². The normalized spacial score (nSPS) is 12.7. The fourth-order valence-corrected chi connectivity index (χ4v) is 2.92. The number of rotatable bonds is 4. The first-order valence-electron chi connectivity index (χ1n) is 5.79. The second kappa shape index (κ2) is 5.59. The molecule has 2 rings (SSSR count). The zero-order valence-corrected chi connectivity index (χ0v) is 11.9. The number of hydrogen-bond acceptors (Lipinski definition) is 4. The van der Waals surface area contributed by atoms with Crippen molar-refractivity contribution in [1.82, 2.24) is 4.98 Å². The van der Waals surface area contributed by atoms with Gasteiger partial charge >= 0.3 is 0 Å². The van der Waals surface area contributed by atoms with E-state index in [0.717, 1.165) is 0 Å². The van der Waals surface area contributed by atoms with E-state index in [-0.39, 0.29) is 6.04 Å². The number of pyridine rings is 1. The summed E-state index contributed by atoms with van der Waals surface area (Å²) < 4.78 is 0. The van der Waals surface area contributed by atoms with Gasteiger partial charge in [0.05, 0.1) is 22.9 Å². The Morgan fingerprint density at radius 3 is 2.78 bits per heavy atom. The van der Waals surface area contributed by atoms with Crippen molar-refractivity contribution in [2.24, 2.45) is 5.92 Å². The lowest BCUT2D eigenvalue weighted by Gasteiger charge is -2.22. The van der Waals surface area contributed by atoms with Gasteiger partial charge in [-0.25, -0.2) is 4.98 Å². The molecule has 2 heterocycles. The van der Waals surface area contributed by atoms with Gasteiger partial charge in [0.25, 0.3) is 0 Å². The molecule has 0 saturated carbocycles. The number of nitrogens with one attached hydrogen (secondary N) is 1. The van der Waals surface area contributed by atoms with E-state index in [1.54, 1.807) is 23.6 Å². The number of halogens is 1. The number of thiophene rings is 1. The summed E-state index contributed by atoms with van der Waals surface area (Å²) in [6, 6.07) is 6.09. The first-order chi connectivity index (χ1) is 8.58. The van der Waals surface area contributed by atoms with Crippen LogP contribution in [0.25, 0.3) is 0 Å². The Bertz CT molecular complexity index is 511. The highest BCUT2D eigenvalue weighted by Crippen LogP contribution is 2.31. The number of nitrogens with two attached hydrogens (primary N) is 1. The van der Waals surface area contributed by atoms with E-state index in [4.69, 9.17) is 17.3 Å². The fourth-order valence-electron chi connectivity index (χ4n) is 1.74. The minimum atomic E-state index is 0.207. The van der Waals surface area contributed by atoms with Crippen LogP contribution in [0.15, 0.2) is 29.8 Å². The molecule has 0 aliphatic rings. The van der Waals surface area contributed by atoms with E-state index in [2.05, 4.69) is 41.7 Å². The smallest absolute Gasteiger partial charge is 0.145 e. The van der Waals surface area contributed by atoms with Crippen molar-refractivity contribution in [3.63, 3.8) is 0 Å². The monoisotopic (exact) mass is 281 g/mol. The van der Waals surface area contributed by atoms with Gasteiger partial charge in [-0.1, -0.05) is 31.5 Å². The van der Waals surface area contributed by atoms with Crippen LogP contribution in [0.5, 0.6) is 0 Å². The van der Waals surface area contributed by atoms with Crippen LogP contribution in [0.2, 0.25) is 5.02 Å². The largest absolute Gasteiger partial charge is 0.397 e. The lowest BCUT2D eigenvalue weighted by Crippen LogP contribution is -2.16. The lowest BCUT2D eigenvalue weighted by atomic mass is 10.0. The molecule has 0 fully saturated rings. The number of nitrogen functional groups attached to an aromatic ring is 1. The summed E-state index contributed by atoms with van der Waals surface area (Å²) in [5.74, 6) is 1.12. The van der Waals surface area contributed by atoms with Gasteiger partial charge in [0.15, 0.2) is 0 Å². The maximum Gasteiger partial charge on any atom is 0.145 e. The summed E-state index contributed by atoms with van der Waals surface area (Å²) in [7, 11) is 0. The van der Waals surface area contributed by atoms with E-state index >= 15 is 0 Å².